The third kappa shape index (κ3) is 3.75. The number of amides is 1. The molecule has 4 nitrogen and oxygen atoms in total. The van der Waals surface area contributed by atoms with Crippen LogP contribution >= 0.6 is 11.6 Å². The average molecular weight is 271 g/mol. The summed E-state index contributed by atoms with van der Waals surface area (Å²) in [7, 11) is 0. The summed E-state index contributed by atoms with van der Waals surface area (Å²) in [6, 6.07) is 1.59. The van der Waals surface area contributed by atoms with Crippen LogP contribution in [-0.4, -0.2) is 37.0 Å². The molecule has 1 aromatic heterocycles. The molecule has 0 atom stereocenters. The lowest BCUT2D eigenvalue weighted by atomic mass is 10.1. The van der Waals surface area contributed by atoms with E-state index in [4.69, 9.17) is 16.0 Å². The number of rotatable bonds is 5. The summed E-state index contributed by atoms with van der Waals surface area (Å²) in [6.07, 6.45) is 6.35. The molecule has 100 valence electrons. The van der Waals surface area contributed by atoms with Crippen molar-refractivity contribution in [2.24, 2.45) is 0 Å². The van der Waals surface area contributed by atoms with Gasteiger partial charge in [-0.05, 0) is 56.6 Å². The molecule has 2 rings (SSSR count). The van der Waals surface area contributed by atoms with E-state index in [9.17, 15) is 4.79 Å². The van der Waals surface area contributed by atoms with Crippen LogP contribution in [0.3, 0.4) is 0 Å². The Hall–Kier alpha value is -1.00. The van der Waals surface area contributed by atoms with Crippen LogP contribution in [0.15, 0.2) is 16.7 Å². The molecule has 5 heteroatoms. The number of furan rings is 1. The van der Waals surface area contributed by atoms with Gasteiger partial charge in [0.25, 0.3) is 5.91 Å². The van der Waals surface area contributed by atoms with Crippen LogP contribution in [0, 0.1) is 0 Å². The van der Waals surface area contributed by atoms with Crippen molar-refractivity contribution in [3.05, 3.63) is 23.1 Å². The number of nitrogens with zero attached hydrogens (tertiary/aromatic N) is 1. The Bertz CT molecular complexity index is 386. The second kappa shape index (κ2) is 6.81. The summed E-state index contributed by atoms with van der Waals surface area (Å²) < 4.78 is 4.88. The molecule has 0 bridgehead atoms. The molecule has 1 aromatic rings. The lowest BCUT2D eigenvalue weighted by Gasteiger charge is -2.26. The van der Waals surface area contributed by atoms with Crippen LogP contribution in [0.4, 0.5) is 0 Å². The summed E-state index contributed by atoms with van der Waals surface area (Å²) in [5.41, 5.74) is 0.412. The topological polar surface area (TPSA) is 45.5 Å². The largest absolute Gasteiger partial charge is 0.452 e. The summed E-state index contributed by atoms with van der Waals surface area (Å²) in [6.45, 7) is 4.12. The molecule has 1 amide bonds. The molecule has 0 aromatic carbocycles. The molecule has 18 heavy (non-hydrogen) atoms. The lowest BCUT2D eigenvalue weighted by molar-refractivity contribution is 0.0950. The van der Waals surface area contributed by atoms with Gasteiger partial charge in [0.2, 0.25) is 5.22 Å². The highest BCUT2D eigenvalue weighted by molar-refractivity contribution is 6.32. The first kappa shape index (κ1) is 13.4. The molecule has 1 aliphatic rings. The zero-order chi connectivity index (χ0) is 12.8. The summed E-state index contributed by atoms with van der Waals surface area (Å²) >= 11 is 5.73. The van der Waals surface area contributed by atoms with Gasteiger partial charge in [-0.25, -0.2) is 0 Å². The van der Waals surface area contributed by atoms with Crippen LogP contribution in [0.2, 0.25) is 5.22 Å². The molecular formula is C13H19ClN2O2. The molecule has 0 spiro atoms. The van der Waals surface area contributed by atoms with Gasteiger partial charge in [0, 0.05) is 6.54 Å². The van der Waals surface area contributed by atoms with Gasteiger partial charge in [-0.3, -0.25) is 4.79 Å². The minimum atomic E-state index is -0.160. The van der Waals surface area contributed by atoms with E-state index in [2.05, 4.69) is 10.2 Å². The maximum absolute atomic E-state index is 11.7. The first-order chi connectivity index (χ1) is 8.77. The number of hydrogen-bond acceptors (Lipinski definition) is 3. The van der Waals surface area contributed by atoms with E-state index in [0.717, 1.165) is 13.0 Å². The van der Waals surface area contributed by atoms with Gasteiger partial charge in [-0.15, -0.1) is 0 Å². The number of halogens is 1. The van der Waals surface area contributed by atoms with Crippen LogP contribution in [0.5, 0.6) is 0 Å². The van der Waals surface area contributed by atoms with E-state index in [1.807, 2.05) is 0 Å². The molecule has 1 N–H and O–H groups in total. The van der Waals surface area contributed by atoms with Crippen LogP contribution in [0.1, 0.15) is 36.0 Å². The minimum absolute atomic E-state index is 0.156. The quantitative estimate of drug-likeness (QED) is 0.837. The fraction of sp³-hybridized carbons (Fsp3) is 0.615. The predicted octanol–water partition coefficient (Wildman–Crippen LogP) is 2.54. The second-order valence-electron chi connectivity index (χ2n) is 4.62. The fourth-order valence-corrected chi connectivity index (χ4v) is 2.44. The van der Waals surface area contributed by atoms with Gasteiger partial charge in [0.15, 0.2) is 0 Å². The first-order valence-electron chi connectivity index (χ1n) is 6.51. The number of hydrogen-bond donors (Lipinski definition) is 1. The normalized spacial score (nSPS) is 16.7. The smallest absolute Gasteiger partial charge is 0.256 e. The maximum atomic E-state index is 11.7. The Labute approximate surface area is 112 Å². The van der Waals surface area contributed by atoms with E-state index in [1.165, 1.54) is 38.6 Å². The molecule has 0 unspecified atom stereocenters. The van der Waals surface area contributed by atoms with Crippen molar-refractivity contribution in [1.29, 1.82) is 0 Å². The molecule has 1 fully saturated rings. The SMILES string of the molecule is O=C(NCCCN1CCCCC1)c1ccoc1Cl. The van der Waals surface area contributed by atoms with Gasteiger partial charge in [0.1, 0.15) is 0 Å². The van der Waals surface area contributed by atoms with Crippen molar-refractivity contribution in [2.45, 2.75) is 25.7 Å². The Morgan fingerprint density at radius 1 is 1.39 bits per heavy atom. The number of carbonyl (C=O) groups excluding carboxylic acids is 1. The van der Waals surface area contributed by atoms with Gasteiger partial charge >= 0.3 is 0 Å². The van der Waals surface area contributed by atoms with Crippen LogP contribution in [0.25, 0.3) is 0 Å². The van der Waals surface area contributed by atoms with Crippen LogP contribution in [-0.2, 0) is 0 Å². The first-order valence-corrected chi connectivity index (χ1v) is 6.89. The summed E-state index contributed by atoms with van der Waals surface area (Å²) in [5, 5.41) is 3.01. The van der Waals surface area contributed by atoms with E-state index >= 15 is 0 Å². The predicted molar refractivity (Wildman–Crippen MR) is 71.0 cm³/mol. The van der Waals surface area contributed by atoms with Crippen molar-refractivity contribution >= 4 is 17.5 Å². The van der Waals surface area contributed by atoms with Crippen molar-refractivity contribution < 1.29 is 9.21 Å². The molecule has 0 aliphatic carbocycles. The monoisotopic (exact) mass is 270 g/mol. The van der Waals surface area contributed by atoms with Crippen molar-refractivity contribution in [2.75, 3.05) is 26.2 Å². The molecule has 1 saturated heterocycles. The highest BCUT2D eigenvalue weighted by atomic mass is 35.5. The lowest BCUT2D eigenvalue weighted by Crippen LogP contribution is -2.33. The Balaban J connectivity index is 1.63. The number of likely N-dealkylation sites (tertiary alicyclic amines) is 1. The highest BCUT2D eigenvalue weighted by Gasteiger charge is 2.13. The second-order valence-corrected chi connectivity index (χ2v) is 4.96. The van der Waals surface area contributed by atoms with Crippen molar-refractivity contribution in [1.82, 2.24) is 10.2 Å². The van der Waals surface area contributed by atoms with Crippen molar-refractivity contribution in [3.8, 4) is 0 Å². The van der Waals surface area contributed by atoms with Gasteiger partial charge in [0.05, 0.1) is 11.8 Å². The zero-order valence-corrected chi connectivity index (χ0v) is 11.2. The van der Waals surface area contributed by atoms with Gasteiger partial charge < -0.3 is 14.6 Å². The highest BCUT2D eigenvalue weighted by Crippen LogP contribution is 2.16. The Morgan fingerprint density at radius 2 is 2.17 bits per heavy atom. The molecule has 0 radical (unpaired) electrons. The minimum Gasteiger partial charge on any atom is -0.452 e. The summed E-state index contributed by atoms with van der Waals surface area (Å²) in [4.78, 5) is 14.2. The van der Waals surface area contributed by atoms with Gasteiger partial charge in [-0.1, -0.05) is 6.42 Å². The fourth-order valence-electron chi connectivity index (χ4n) is 2.24. The number of carbonyl (C=O) groups is 1. The Kier molecular flexibility index (Phi) is 5.08. The van der Waals surface area contributed by atoms with E-state index < -0.39 is 0 Å². The third-order valence-electron chi connectivity index (χ3n) is 3.25. The molecule has 2 heterocycles. The standard InChI is InChI=1S/C13H19ClN2O2/c14-12-11(5-10-18-12)13(17)15-6-4-9-16-7-2-1-3-8-16/h5,10H,1-4,6-9H2,(H,15,17). The Morgan fingerprint density at radius 3 is 2.83 bits per heavy atom. The average Bonchev–Trinajstić information content (AvgIpc) is 2.82. The zero-order valence-electron chi connectivity index (χ0n) is 10.5. The number of nitrogens with one attached hydrogen (secondary N) is 1. The molecular weight excluding hydrogens is 252 g/mol. The summed E-state index contributed by atoms with van der Waals surface area (Å²) in [5.74, 6) is -0.160. The number of piperidine rings is 1. The molecule has 0 saturated carbocycles. The van der Waals surface area contributed by atoms with Gasteiger partial charge in [-0.2, -0.15) is 0 Å². The molecule has 1 aliphatic heterocycles. The van der Waals surface area contributed by atoms with Crippen LogP contribution < -0.4 is 5.32 Å². The van der Waals surface area contributed by atoms with Crippen molar-refractivity contribution in [3.63, 3.8) is 0 Å². The van der Waals surface area contributed by atoms with E-state index in [1.54, 1.807) is 6.07 Å². The maximum Gasteiger partial charge on any atom is 0.256 e. The third-order valence-corrected chi connectivity index (χ3v) is 3.54. The van der Waals surface area contributed by atoms with E-state index in [-0.39, 0.29) is 11.1 Å². The van der Waals surface area contributed by atoms with E-state index in [0.29, 0.717) is 12.1 Å².